The van der Waals surface area contributed by atoms with Crippen LogP contribution in [0.5, 0.6) is 0 Å². The second-order valence-electron chi connectivity index (χ2n) is 2.96. The Kier molecular flexibility index (Phi) is 4.66. The molecule has 2 N–H and O–H groups in total. The maximum Gasteiger partial charge on any atom is 0.213 e. The predicted octanol–water partition coefficient (Wildman–Crippen LogP) is -1.42. The van der Waals surface area contributed by atoms with Crippen LogP contribution in [-0.2, 0) is 16.6 Å². The number of aromatic nitrogens is 3. The summed E-state index contributed by atoms with van der Waals surface area (Å²) in [6, 6.07) is 0. The zero-order valence-electron chi connectivity index (χ0n) is 8.20. The van der Waals surface area contributed by atoms with Gasteiger partial charge in [0.1, 0.15) is 0 Å². The maximum absolute atomic E-state index is 11.1. The first-order valence-corrected chi connectivity index (χ1v) is 6.21. The highest BCUT2D eigenvalue weighted by molar-refractivity contribution is 7.89. The summed E-state index contributed by atoms with van der Waals surface area (Å²) in [4.78, 5) is 0. The van der Waals surface area contributed by atoms with Crippen LogP contribution in [0.3, 0.4) is 0 Å². The van der Waals surface area contributed by atoms with Crippen LogP contribution in [0.15, 0.2) is 12.4 Å². The van der Waals surface area contributed by atoms with Crippen LogP contribution in [-0.4, -0.2) is 47.4 Å². The molecule has 0 aliphatic rings. The molecule has 0 unspecified atom stereocenters. The molecule has 0 radical (unpaired) electrons. The van der Waals surface area contributed by atoms with Gasteiger partial charge < -0.3 is 5.11 Å². The molecule has 8 heteroatoms. The molecule has 0 saturated carbocycles. The summed E-state index contributed by atoms with van der Waals surface area (Å²) in [7, 11) is -3.32. The summed E-state index contributed by atoms with van der Waals surface area (Å²) in [5.74, 6) is -0.254. The number of aliphatic hydroxyl groups is 1. The first-order valence-electron chi connectivity index (χ1n) is 4.56. The van der Waals surface area contributed by atoms with E-state index in [9.17, 15) is 8.42 Å². The second-order valence-corrected chi connectivity index (χ2v) is 4.88. The fourth-order valence-corrected chi connectivity index (χ4v) is 1.85. The molecule has 0 atom stereocenters. The van der Waals surface area contributed by atoms with Crippen molar-refractivity contribution in [3.8, 4) is 0 Å². The SMILES string of the molecule is O=S(=O)(CCO)NCCCn1ccnn1. The third-order valence-corrected chi connectivity index (χ3v) is 3.08. The minimum Gasteiger partial charge on any atom is -0.395 e. The van der Waals surface area contributed by atoms with Gasteiger partial charge >= 0.3 is 0 Å². The van der Waals surface area contributed by atoms with Crippen molar-refractivity contribution >= 4 is 10.0 Å². The minimum absolute atomic E-state index is 0.254. The first kappa shape index (κ1) is 12.1. The average molecular weight is 234 g/mol. The van der Waals surface area contributed by atoms with E-state index in [1.807, 2.05) is 0 Å². The molecular formula is C7H14N4O3S. The van der Waals surface area contributed by atoms with Gasteiger partial charge in [-0.15, -0.1) is 5.10 Å². The van der Waals surface area contributed by atoms with Crippen LogP contribution in [0.2, 0.25) is 0 Å². The number of hydrogen-bond donors (Lipinski definition) is 2. The van der Waals surface area contributed by atoms with E-state index < -0.39 is 10.0 Å². The molecule has 0 spiro atoms. The zero-order chi connectivity index (χ0) is 11.1. The lowest BCUT2D eigenvalue weighted by molar-refractivity contribution is 0.319. The molecule has 0 aliphatic heterocycles. The van der Waals surface area contributed by atoms with Gasteiger partial charge in [-0.2, -0.15) is 0 Å². The molecule has 0 amide bonds. The summed E-state index contributed by atoms with van der Waals surface area (Å²) < 4.78 is 26.2. The quantitative estimate of drug-likeness (QED) is 0.564. The van der Waals surface area contributed by atoms with Crippen molar-refractivity contribution in [3.05, 3.63) is 12.4 Å². The zero-order valence-corrected chi connectivity index (χ0v) is 9.02. The number of sulfonamides is 1. The van der Waals surface area contributed by atoms with Gasteiger partial charge in [-0.3, -0.25) is 4.68 Å². The largest absolute Gasteiger partial charge is 0.395 e. The first-order chi connectivity index (χ1) is 7.14. The highest BCUT2D eigenvalue weighted by Gasteiger charge is 2.07. The Hall–Kier alpha value is -0.990. The van der Waals surface area contributed by atoms with Crippen molar-refractivity contribution in [2.45, 2.75) is 13.0 Å². The Morgan fingerprint density at radius 2 is 2.27 bits per heavy atom. The van der Waals surface area contributed by atoms with Crippen molar-refractivity contribution in [1.82, 2.24) is 19.7 Å². The smallest absolute Gasteiger partial charge is 0.213 e. The van der Waals surface area contributed by atoms with Crippen molar-refractivity contribution < 1.29 is 13.5 Å². The Labute approximate surface area is 88.2 Å². The van der Waals surface area contributed by atoms with Gasteiger partial charge in [-0.25, -0.2) is 13.1 Å². The maximum atomic E-state index is 11.1. The van der Waals surface area contributed by atoms with Crippen LogP contribution in [0, 0.1) is 0 Å². The van der Waals surface area contributed by atoms with Crippen LogP contribution < -0.4 is 4.72 Å². The average Bonchev–Trinajstić information content (AvgIpc) is 2.65. The fourth-order valence-electron chi connectivity index (χ4n) is 1.01. The Balaban J connectivity index is 2.17. The fraction of sp³-hybridized carbons (Fsp3) is 0.714. The van der Waals surface area contributed by atoms with Crippen molar-refractivity contribution in [3.63, 3.8) is 0 Å². The highest BCUT2D eigenvalue weighted by Crippen LogP contribution is 1.88. The van der Waals surface area contributed by atoms with Gasteiger partial charge in [0, 0.05) is 19.3 Å². The molecule has 1 heterocycles. The predicted molar refractivity (Wildman–Crippen MR) is 53.5 cm³/mol. The minimum atomic E-state index is -3.32. The topological polar surface area (TPSA) is 97.1 Å². The van der Waals surface area contributed by atoms with Gasteiger partial charge in [-0.1, -0.05) is 5.21 Å². The Morgan fingerprint density at radius 1 is 1.47 bits per heavy atom. The number of rotatable bonds is 7. The monoisotopic (exact) mass is 234 g/mol. The van der Waals surface area contributed by atoms with E-state index in [0.29, 0.717) is 19.5 Å². The molecule has 1 rings (SSSR count). The van der Waals surface area contributed by atoms with Crippen molar-refractivity contribution in [2.24, 2.45) is 0 Å². The van der Waals surface area contributed by atoms with Crippen LogP contribution in [0.4, 0.5) is 0 Å². The molecule has 0 saturated heterocycles. The molecule has 1 aromatic rings. The van der Waals surface area contributed by atoms with E-state index in [2.05, 4.69) is 15.0 Å². The van der Waals surface area contributed by atoms with E-state index in [1.54, 1.807) is 17.1 Å². The molecule has 0 aromatic carbocycles. The Morgan fingerprint density at radius 3 is 2.87 bits per heavy atom. The van der Waals surface area contributed by atoms with Gasteiger partial charge in [0.25, 0.3) is 0 Å². The van der Waals surface area contributed by atoms with Crippen molar-refractivity contribution in [1.29, 1.82) is 0 Å². The molecule has 0 bridgehead atoms. The third-order valence-electron chi connectivity index (χ3n) is 1.72. The van der Waals surface area contributed by atoms with Crippen molar-refractivity contribution in [2.75, 3.05) is 18.9 Å². The summed E-state index contributed by atoms with van der Waals surface area (Å²) in [5, 5.41) is 15.8. The number of nitrogens with zero attached hydrogens (tertiary/aromatic N) is 3. The highest BCUT2D eigenvalue weighted by atomic mass is 32.2. The van der Waals surface area contributed by atoms with Crippen LogP contribution in [0.1, 0.15) is 6.42 Å². The summed E-state index contributed by atoms with van der Waals surface area (Å²) >= 11 is 0. The normalized spacial score (nSPS) is 11.8. The Bertz CT molecular complexity index is 362. The molecule has 7 nitrogen and oxygen atoms in total. The molecule has 15 heavy (non-hydrogen) atoms. The van der Waals surface area contributed by atoms with E-state index >= 15 is 0 Å². The molecule has 1 aromatic heterocycles. The van der Waals surface area contributed by atoms with E-state index in [1.165, 1.54) is 0 Å². The second kappa shape index (κ2) is 5.79. The van der Waals surface area contributed by atoms with Gasteiger partial charge in [0.15, 0.2) is 0 Å². The van der Waals surface area contributed by atoms with E-state index in [0.717, 1.165) is 0 Å². The van der Waals surface area contributed by atoms with Gasteiger partial charge in [0.05, 0.1) is 18.6 Å². The standard InChI is InChI=1S/C7H14N4O3S/c12-6-7-15(13,14)9-2-1-4-11-5-3-8-10-11/h3,5,9,12H,1-2,4,6-7H2. The molecule has 0 aliphatic carbocycles. The number of aryl methyl sites for hydroxylation is 1. The molecule has 86 valence electrons. The summed E-state index contributed by atoms with van der Waals surface area (Å²) in [6.07, 6.45) is 3.91. The lowest BCUT2D eigenvalue weighted by Crippen LogP contribution is -2.29. The van der Waals surface area contributed by atoms with Gasteiger partial charge in [0.2, 0.25) is 10.0 Å². The number of aliphatic hydroxyl groups excluding tert-OH is 1. The summed E-state index contributed by atoms with van der Waals surface area (Å²) in [6.45, 7) is 0.586. The lowest BCUT2D eigenvalue weighted by atomic mass is 10.4. The third kappa shape index (κ3) is 4.86. The van der Waals surface area contributed by atoms with Gasteiger partial charge in [-0.05, 0) is 6.42 Å². The van der Waals surface area contributed by atoms with Crippen LogP contribution in [0.25, 0.3) is 0 Å². The number of nitrogens with one attached hydrogen (secondary N) is 1. The molecule has 0 fully saturated rings. The summed E-state index contributed by atoms with van der Waals surface area (Å²) in [5.41, 5.74) is 0. The van der Waals surface area contributed by atoms with E-state index in [-0.39, 0.29) is 12.4 Å². The number of hydrogen-bond acceptors (Lipinski definition) is 5. The lowest BCUT2D eigenvalue weighted by Gasteiger charge is -2.04. The molecular weight excluding hydrogens is 220 g/mol. The van der Waals surface area contributed by atoms with Crippen LogP contribution >= 0.6 is 0 Å². The van der Waals surface area contributed by atoms with E-state index in [4.69, 9.17) is 5.11 Å².